The molecule has 5 heterocycles. The lowest BCUT2D eigenvalue weighted by Gasteiger charge is -2.36. The van der Waals surface area contributed by atoms with Crippen LogP contribution >= 0.6 is 11.3 Å². The van der Waals surface area contributed by atoms with Crippen molar-refractivity contribution in [3.63, 3.8) is 0 Å². The van der Waals surface area contributed by atoms with Gasteiger partial charge in [0.15, 0.2) is 5.82 Å². The first-order valence-electron chi connectivity index (χ1n) is 10.4. The fourth-order valence-corrected chi connectivity index (χ4v) is 5.07. The van der Waals surface area contributed by atoms with Gasteiger partial charge in [-0.25, -0.2) is 15.0 Å². The molecule has 9 nitrogen and oxygen atoms in total. The van der Waals surface area contributed by atoms with Crippen LogP contribution in [0.4, 0.5) is 17.5 Å². The van der Waals surface area contributed by atoms with Crippen molar-refractivity contribution in [2.24, 2.45) is 0 Å². The van der Waals surface area contributed by atoms with Crippen LogP contribution in [0.5, 0.6) is 0 Å². The maximum absolute atomic E-state index is 12.9. The van der Waals surface area contributed by atoms with E-state index in [0.29, 0.717) is 22.3 Å². The van der Waals surface area contributed by atoms with Gasteiger partial charge in [-0.15, -0.1) is 11.3 Å². The molecule has 4 aromatic rings. The SMILES string of the molecule is Cc1nc(N2CCN(c3ccccn3)CC2)c2c(C)c(C(=O)Nc3cc(C)on3)sc2n1. The van der Waals surface area contributed by atoms with Gasteiger partial charge in [0.05, 0.1) is 10.3 Å². The highest BCUT2D eigenvalue weighted by Gasteiger charge is 2.26. The molecule has 1 aliphatic rings. The van der Waals surface area contributed by atoms with E-state index in [9.17, 15) is 4.79 Å². The van der Waals surface area contributed by atoms with Gasteiger partial charge in [-0.05, 0) is 38.5 Å². The molecule has 164 valence electrons. The van der Waals surface area contributed by atoms with Crippen molar-refractivity contribution in [2.45, 2.75) is 20.8 Å². The van der Waals surface area contributed by atoms with Crippen LogP contribution in [0.15, 0.2) is 35.0 Å². The molecule has 32 heavy (non-hydrogen) atoms. The third-order valence-electron chi connectivity index (χ3n) is 5.51. The lowest BCUT2D eigenvalue weighted by molar-refractivity contribution is 0.102. The minimum absolute atomic E-state index is 0.220. The van der Waals surface area contributed by atoms with Crippen LogP contribution in [0.3, 0.4) is 0 Å². The van der Waals surface area contributed by atoms with E-state index in [4.69, 9.17) is 9.51 Å². The van der Waals surface area contributed by atoms with E-state index < -0.39 is 0 Å². The van der Waals surface area contributed by atoms with Crippen molar-refractivity contribution < 1.29 is 9.32 Å². The van der Waals surface area contributed by atoms with Gasteiger partial charge in [-0.3, -0.25) is 4.79 Å². The minimum atomic E-state index is -0.220. The van der Waals surface area contributed by atoms with Crippen LogP contribution in [0.1, 0.15) is 26.8 Å². The molecule has 0 radical (unpaired) electrons. The summed E-state index contributed by atoms with van der Waals surface area (Å²) in [4.78, 5) is 32.8. The number of rotatable bonds is 4. The van der Waals surface area contributed by atoms with E-state index in [0.717, 1.165) is 53.6 Å². The van der Waals surface area contributed by atoms with Crippen LogP contribution in [0.25, 0.3) is 10.2 Å². The Morgan fingerprint density at radius 1 is 1.09 bits per heavy atom. The molecule has 4 aromatic heterocycles. The monoisotopic (exact) mass is 449 g/mol. The molecular weight excluding hydrogens is 426 g/mol. The van der Waals surface area contributed by atoms with Crippen molar-refractivity contribution in [1.29, 1.82) is 0 Å². The Hall–Kier alpha value is -3.53. The fraction of sp³-hybridized carbons (Fsp3) is 0.318. The molecule has 5 rings (SSSR count). The Morgan fingerprint density at radius 2 is 1.88 bits per heavy atom. The average molecular weight is 450 g/mol. The zero-order valence-corrected chi connectivity index (χ0v) is 18.9. The highest BCUT2D eigenvalue weighted by Crippen LogP contribution is 2.36. The minimum Gasteiger partial charge on any atom is -0.360 e. The number of carbonyl (C=O) groups is 1. The summed E-state index contributed by atoms with van der Waals surface area (Å²) in [7, 11) is 0. The second kappa shape index (κ2) is 8.19. The van der Waals surface area contributed by atoms with Gasteiger partial charge in [0, 0.05) is 38.4 Å². The van der Waals surface area contributed by atoms with Gasteiger partial charge >= 0.3 is 0 Å². The number of fused-ring (bicyclic) bond motifs is 1. The maximum atomic E-state index is 12.9. The molecule has 10 heteroatoms. The molecule has 0 saturated carbocycles. The van der Waals surface area contributed by atoms with Gasteiger partial charge in [-0.2, -0.15) is 0 Å². The molecule has 1 N–H and O–H groups in total. The summed E-state index contributed by atoms with van der Waals surface area (Å²) in [5.74, 6) is 3.39. The molecule has 0 atom stereocenters. The Kier molecular flexibility index (Phi) is 5.22. The third-order valence-corrected chi connectivity index (χ3v) is 6.70. The molecule has 1 amide bonds. The van der Waals surface area contributed by atoms with Gasteiger partial charge in [0.25, 0.3) is 5.91 Å². The van der Waals surface area contributed by atoms with E-state index >= 15 is 0 Å². The molecule has 0 aliphatic carbocycles. The predicted octanol–water partition coefficient (Wildman–Crippen LogP) is 3.58. The standard InChI is InChI=1S/C22H23N7O2S/c1-13-12-16(27-31-13)26-21(30)19-14(2)18-20(24-15(3)25-22(18)32-19)29-10-8-28(9-11-29)17-6-4-5-7-23-17/h4-7,12H,8-11H2,1-3H3,(H,26,27,30). The normalized spacial score (nSPS) is 14.2. The predicted molar refractivity (Wildman–Crippen MR) is 125 cm³/mol. The summed E-state index contributed by atoms with van der Waals surface area (Å²) in [5, 5.41) is 7.60. The lowest BCUT2D eigenvalue weighted by Crippen LogP contribution is -2.47. The number of hydrogen-bond acceptors (Lipinski definition) is 9. The van der Waals surface area contributed by atoms with Crippen molar-refractivity contribution in [3.05, 3.63) is 52.5 Å². The number of aryl methyl sites for hydroxylation is 3. The number of hydrogen-bond donors (Lipinski definition) is 1. The Balaban J connectivity index is 1.43. The van der Waals surface area contributed by atoms with Crippen LogP contribution in [-0.4, -0.2) is 52.2 Å². The summed E-state index contributed by atoms with van der Waals surface area (Å²) in [6.45, 7) is 8.96. The van der Waals surface area contributed by atoms with E-state index in [1.165, 1.54) is 11.3 Å². The Morgan fingerprint density at radius 3 is 2.56 bits per heavy atom. The van der Waals surface area contributed by atoms with Crippen molar-refractivity contribution in [3.8, 4) is 0 Å². The number of piperazine rings is 1. The number of nitrogens with zero attached hydrogens (tertiary/aromatic N) is 6. The van der Waals surface area contributed by atoms with Crippen molar-refractivity contribution >= 4 is 44.9 Å². The van der Waals surface area contributed by atoms with Crippen LogP contribution < -0.4 is 15.1 Å². The largest absolute Gasteiger partial charge is 0.360 e. The third kappa shape index (κ3) is 3.77. The highest BCUT2D eigenvalue weighted by atomic mass is 32.1. The molecule has 0 bridgehead atoms. The van der Waals surface area contributed by atoms with Gasteiger partial charge < -0.3 is 19.6 Å². The molecule has 1 saturated heterocycles. The highest BCUT2D eigenvalue weighted by molar-refractivity contribution is 7.20. The number of anilines is 3. The zero-order chi connectivity index (χ0) is 22.2. The molecule has 1 fully saturated rings. The van der Waals surface area contributed by atoms with Crippen LogP contribution in [-0.2, 0) is 0 Å². The summed E-state index contributed by atoms with van der Waals surface area (Å²) >= 11 is 1.38. The van der Waals surface area contributed by atoms with Crippen molar-refractivity contribution in [1.82, 2.24) is 20.1 Å². The summed E-state index contributed by atoms with van der Waals surface area (Å²) in [6.07, 6.45) is 1.82. The topological polar surface area (TPSA) is 100 Å². The Labute approximate surface area is 189 Å². The molecular formula is C22H23N7O2S. The summed E-state index contributed by atoms with van der Waals surface area (Å²) in [6, 6.07) is 7.66. The van der Waals surface area contributed by atoms with E-state index in [-0.39, 0.29) is 5.91 Å². The smallest absolute Gasteiger partial charge is 0.267 e. The number of pyridine rings is 1. The number of thiophene rings is 1. The maximum Gasteiger partial charge on any atom is 0.267 e. The second-order valence-electron chi connectivity index (χ2n) is 7.77. The lowest BCUT2D eigenvalue weighted by atomic mass is 10.1. The first-order chi connectivity index (χ1) is 15.5. The second-order valence-corrected chi connectivity index (χ2v) is 8.77. The van der Waals surface area contributed by atoms with Crippen LogP contribution in [0.2, 0.25) is 0 Å². The first-order valence-corrected chi connectivity index (χ1v) is 11.2. The number of nitrogens with one attached hydrogen (secondary N) is 1. The fourth-order valence-electron chi connectivity index (χ4n) is 3.95. The molecule has 0 unspecified atom stereocenters. The summed E-state index contributed by atoms with van der Waals surface area (Å²) < 4.78 is 5.05. The van der Waals surface area contributed by atoms with E-state index in [1.54, 1.807) is 13.0 Å². The average Bonchev–Trinajstić information content (AvgIpc) is 3.36. The van der Waals surface area contributed by atoms with Gasteiger partial charge in [-0.1, -0.05) is 11.2 Å². The van der Waals surface area contributed by atoms with Crippen LogP contribution in [0, 0.1) is 20.8 Å². The molecule has 0 spiro atoms. The molecule has 0 aromatic carbocycles. The van der Waals surface area contributed by atoms with E-state index in [2.05, 4.69) is 30.2 Å². The van der Waals surface area contributed by atoms with E-state index in [1.807, 2.05) is 38.2 Å². The van der Waals surface area contributed by atoms with Gasteiger partial charge in [0.1, 0.15) is 28.1 Å². The Bertz CT molecular complexity index is 1280. The first kappa shape index (κ1) is 20.4. The van der Waals surface area contributed by atoms with Gasteiger partial charge in [0.2, 0.25) is 0 Å². The van der Waals surface area contributed by atoms with Crippen molar-refractivity contribution in [2.75, 3.05) is 41.3 Å². The zero-order valence-electron chi connectivity index (χ0n) is 18.1. The number of amides is 1. The number of aromatic nitrogens is 4. The molecule has 1 aliphatic heterocycles. The quantitative estimate of drug-likeness (QED) is 0.505. The number of carbonyl (C=O) groups excluding carboxylic acids is 1. The summed E-state index contributed by atoms with van der Waals surface area (Å²) in [5.41, 5.74) is 0.880.